The lowest BCUT2D eigenvalue weighted by atomic mass is 10.0. The molecular weight excluding hydrogens is 234 g/mol. The van der Waals surface area contributed by atoms with Crippen LogP contribution in [0.4, 0.5) is 5.69 Å². The van der Waals surface area contributed by atoms with E-state index < -0.39 is 0 Å². The zero-order valence-electron chi connectivity index (χ0n) is 12.5. The summed E-state index contributed by atoms with van der Waals surface area (Å²) in [6.07, 6.45) is 2.18. The Bertz CT molecular complexity index is 381. The van der Waals surface area contributed by atoms with E-state index in [1.807, 2.05) is 0 Å². The monoisotopic (exact) mass is 261 g/mol. The van der Waals surface area contributed by atoms with Crippen molar-refractivity contribution >= 4 is 5.69 Å². The highest BCUT2D eigenvalue weighted by molar-refractivity contribution is 5.58. The summed E-state index contributed by atoms with van der Waals surface area (Å²) in [5.74, 6) is 0. The maximum absolute atomic E-state index is 3.68. The van der Waals surface area contributed by atoms with Crippen molar-refractivity contribution in [3.8, 4) is 0 Å². The molecule has 3 heteroatoms. The Hall–Kier alpha value is -1.06. The fraction of sp³-hybridized carbons (Fsp3) is 0.625. The second-order valence-corrected chi connectivity index (χ2v) is 5.45. The SMILES string of the molecule is CCc1cccc(CC)c1NCC1CN(C)CCN1. The number of hydrogen-bond acceptors (Lipinski definition) is 3. The Labute approximate surface area is 117 Å². The van der Waals surface area contributed by atoms with Crippen molar-refractivity contribution in [1.82, 2.24) is 10.2 Å². The van der Waals surface area contributed by atoms with Gasteiger partial charge in [0.25, 0.3) is 0 Å². The van der Waals surface area contributed by atoms with Gasteiger partial charge in [-0.1, -0.05) is 32.0 Å². The van der Waals surface area contributed by atoms with E-state index in [9.17, 15) is 0 Å². The van der Waals surface area contributed by atoms with E-state index in [2.05, 4.69) is 54.6 Å². The predicted octanol–water partition coefficient (Wildman–Crippen LogP) is 2.13. The van der Waals surface area contributed by atoms with Crippen molar-refractivity contribution < 1.29 is 0 Å². The molecule has 1 aromatic rings. The highest BCUT2D eigenvalue weighted by Crippen LogP contribution is 2.22. The first-order valence-corrected chi connectivity index (χ1v) is 7.51. The summed E-state index contributed by atoms with van der Waals surface area (Å²) in [5, 5.41) is 7.28. The van der Waals surface area contributed by atoms with Gasteiger partial charge in [0, 0.05) is 37.9 Å². The predicted molar refractivity (Wildman–Crippen MR) is 83.0 cm³/mol. The van der Waals surface area contributed by atoms with Crippen molar-refractivity contribution in [2.75, 3.05) is 38.5 Å². The van der Waals surface area contributed by atoms with Crippen molar-refractivity contribution in [1.29, 1.82) is 0 Å². The Balaban J connectivity index is 2.01. The summed E-state index contributed by atoms with van der Waals surface area (Å²) in [6.45, 7) is 8.84. The van der Waals surface area contributed by atoms with Gasteiger partial charge in [0.05, 0.1) is 0 Å². The van der Waals surface area contributed by atoms with Crippen LogP contribution >= 0.6 is 0 Å². The molecule has 19 heavy (non-hydrogen) atoms. The second-order valence-electron chi connectivity index (χ2n) is 5.45. The maximum atomic E-state index is 3.68. The van der Waals surface area contributed by atoms with E-state index >= 15 is 0 Å². The molecule has 1 aliphatic rings. The van der Waals surface area contributed by atoms with Gasteiger partial charge in [0.2, 0.25) is 0 Å². The summed E-state index contributed by atoms with van der Waals surface area (Å²) in [5.41, 5.74) is 4.23. The van der Waals surface area contributed by atoms with Gasteiger partial charge < -0.3 is 15.5 Å². The van der Waals surface area contributed by atoms with Crippen molar-refractivity contribution in [3.63, 3.8) is 0 Å². The van der Waals surface area contributed by atoms with Crippen LogP contribution < -0.4 is 10.6 Å². The molecule has 0 amide bonds. The Kier molecular flexibility index (Phi) is 5.23. The van der Waals surface area contributed by atoms with Crippen LogP contribution in [0.1, 0.15) is 25.0 Å². The molecule has 1 fully saturated rings. The Morgan fingerprint density at radius 3 is 2.53 bits per heavy atom. The van der Waals surface area contributed by atoms with Gasteiger partial charge in [-0.05, 0) is 31.0 Å². The van der Waals surface area contributed by atoms with Crippen LogP contribution in [0, 0.1) is 0 Å². The number of piperazine rings is 1. The third kappa shape index (κ3) is 3.71. The minimum Gasteiger partial charge on any atom is -0.383 e. The second kappa shape index (κ2) is 6.92. The van der Waals surface area contributed by atoms with Gasteiger partial charge in [-0.25, -0.2) is 0 Å². The molecule has 1 heterocycles. The molecule has 2 rings (SSSR count). The topological polar surface area (TPSA) is 27.3 Å². The van der Waals surface area contributed by atoms with Crippen LogP contribution in [0.25, 0.3) is 0 Å². The summed E-state index contributed by atoms with van der Waals surface area (Å²) in [4.78, 5) is 2.40. The molecule has 1 unspecified atom stereocenters. The maximum Gasteiger partial charge on any atom is 0.0405 e. The van der Waals surface area contributed by atoms with E-state index in [1.165, 1.54) is 16.8 Å². The zero-order valence-corrected chi connectivity index (χ0v) is 12.5. The lowest BCUT2D eigenvalue weighted by molar-refractivity contribution is 0.244. The van der Waals surface area contributed by atoms with Crippen LogP contribution in [-0.4, -0.2) is 44.2 Å². The number of nitrogens with zero attached hydrogens (tertiary/aromatic N) is 1. The molecular formula is C16H27N3. The number of benzene rings is 1. The summed E-state index contributed by atoms with van der Waals surface area (Å²) in [6, 6.07) is 7.20. The number of likely N-dealkylation sites (N-methyl/N-ethyl adjacent to an activating group) is 1. The lowest BCUT2D eigenvalue weighted by Gasteiger charge is -2.31. The van der Waals surface area contributed by atoms with Crippen LogP contribution in [0.15, 0.2) is 18.2 Å². The van der Waals surface area contributed by atoms with Crippen molar-refractivity contribution in [2.24, 2.45) is 0 Å². The van der Waals surface area contributed by atoms with Crippen LogP contribution in [-0.2, 0) is 12.8 Å². The van der Waals surface area contributed by atoms with Gasteiger partial charge in [-0.2, -0.15) is 0 Å². The molecule has 0 bridgehead atoms. The molecule has 1 aliphatic heterocycles. The average molecular weight is 261 g/mol. The average Bonchev–Trinajstić information content (AvgIpc) is 2.44. The van der Waals surface area contributed by atoms with Crippen LogP contribution in [0.5, 0.6) is 0 Å². The lowest BCUT2D eigenvalue weighted by Crippen LogP contribution is -2.51. The van der Waals surface area contributed by atoms with E-state index in [1.54, 1.807) is 0 Å². The number of anilines is 1. The number of para-hydroxylation sites is 1. The Morgan fingerprint density at radius 1 is 1.26 bits per heavy atom. The number of nitrogens with one attached hydrogen (secondary N) is 2. The minimum atomic E-state index is 0.549. The molecule has 106 valence electrons. The summed E-state index contributed by atoms with van der Waals surface area (Å²) >= 11 is 0. The smallest absolute Gasteiger partial charge is 0.0405 e. The van der Waals surface area contributed by atoms with E-state index in [0.29, 0.717) is 6.04 Å². The van der Waals surface area contributed by atoms with Gasteiger partial charge in [-0.3, -0.25) is 0 Å². The van der Waals surface area contributed by atoms with Gasteiger partial charge in [0.1, 0.15) is 0 Å². The molecule has 0 aromatic heterocycles. The van der Waals surface area contributed by atoms with Gasteiger partial charge >= 0.3 is 0 Å². The van der Waals surface area contributed by atoms with Crippen LogP contribution in [0.3, 0.4) is 0 Å². The molecule has 0 radical (unpaired) electrons. The molecule has 0 aliphatic carbocycles. The van der Waals surface area contributed by atoms with Gasteiger partial charge in [0.15, 0.2) is 0 Å². The molecule has 1 saturated heterocycles. The number of hydrogen-bond donors (Lipinski definition) is 2. The third-order valence-electron chi connectivity index (χ3n) is 3.98. The van der Waals surface area contributed by atoms with Crippen LogP contribution in [0.2, 0.25) is 0 Å². The quantitative estimate of drug-likeness (QED) is 0.850. The normalized spacial score (nSPS) is 20.5. The molecule has 1 aromatic carbocycles. The van der Waals surface area contributed by atoms with E-state index in [0.717, 1.165) is 39.0 Å². The minimum absolute atomic E-state index is 0.549. The first kappa shape index (κ1) is 14.4. The van der Waals surface area contributed by atoms with E-state index in [-0.39, 0.29) is 0 Å². The first-order chi connectivity index (χ1) is 9.24. The number of aryl methyl sites for hydroxylation is 2. The van der Waals surface area contributed by atoms with E-state index in [4.69, 9.17) is 0 Å². The standard InChI is InChI=1S/C16H27N3/c1-4-13-7-6-8-14(5-2)16(13)18-11-15-12-19(3)10-9-17-15/h6-8,15,17-18H,4-5,9-12H2,1-3H3. The van der Waals surface area contributed by atoms with Crippen molar-refractivity contribution in [3.05, 3.63) is 29.3 Å². The number of rotatable bonds is 5. The van der Waals surface area contributed by atoms with Crippen molar-refractivity contribution in [2.45, 2.75) is 32.7 Å². The largest absolute Gasteiger partial charge is 0.383 e. The molecule has 2 N–H and O–H groups in total. The summed E-state index contributed by atoms with van der Waals surface area (Å²) in [7, 11) is 2.20. The highest BCUT2D eigenvalue weighted by atomic mass is 15.2. The molecule has 1 atom stereocenters. The zero-order chi connectivity index (χ0) is 13.7. The molecule has 3 nitrogen and oxygen atoms in total. The highest BCUT2D eigenvalue weighted by Gasteiger charge is 2.16. The molecule has 0 saturated carbocycles. The first-order valence-electron chi connectivity index (χ1n) is 7.51. The fourth-order valence-electron chi connectivity index (χ4n) is 2.82. The van der Waals surface area contributed by atoms with Gasteiger partial charge in [-0.15, -0.1) is 0 Å². The third-order valence-corrected chi connectivity index (χ3v) is 3.98. The molecule has 0 spiro atoms. The Morgan fingerprint density at radius 2 is 1.95 bits per heavy atom. The fourth-order valence-corrected chi connectivity index (χ4v) is 2.82. The summed E-state index contributed by atoms with van der Waals surface area (Å²) < 4.78 is 0.